The van der Waals surface area contributed by atoms with Crippen molar-refractivity contribution in [3.05, 3.63) is 24.3 Å². The van der Waals surface area contributed by atoms with E-state index in [4.69, 9.17) is 0 Å². The van der Waals surface area contributed by atoms with Gasteiger partial charge in [-0.05, 0) is 37.0 Å². The molecule has 134 valence electrons. The molecule has 1 atom stereocenters. The van der Waals surface area contributed by atoms with Crippen molar-refractivity contribution in [3.8, 4) is 11.8 Å². The monoisotopic (exact) mass is 344 g/mol. The van der Waals surface area contributed by atoms with Crippen LogP contribution < -0.4 is 10.2 Å². The van der Waals surface area contributed by atoms with Gasteiger partial charge in [-0.2, -0.15) is 0 Å². The van der Waals surface area contributed by atoms with E-state index >= 15 is 0 Å². The molecule has 1 aromatic carbocycles. The molecule has 0 saturated heterocycles. The molecule has 1 aromatic rings. The summed E-state index contributed by atoms with van der Waals surface area (Å²) in [4.78, 5) is 37.3. The third kappa shape index (κ3) is 6.30. The quantitative estimate of drug-likeness (QED) is 0.829. The van der Waals surface area contributed by atoms with Gasteiger partial charge in [-0.15, -0.1) is 0 Å². The predicted octanol–water partition coefficient (Wildman–Crippen LogP) is 3.57. The van der Waals surface area contributed by atoms with Crippen molar-refractivity contribution < 1.29 is 19.1 Å². The lowest BCUT2D eigenvalue weighted by molar-refractivity contribution is -0.124. The Labute approximate surface area is 148 Å². The van der Waals surface area contributed by atoms with Gasteiger partial charge in [-0.25, -0.2) is 9.69 Å². The van der Waals surface area contributed by atoms with Crippen molar-refractivity contribution in [2.45, 2.75) is 40.0 Å². The van der Waals surface area contributed by atoms with Crippen LogP contribution in [-0.4, -0.2) is 25.0 Å². The molecule has 0 aliphatic carbocycles. The van der Waals surface area contributed by atoms with Gasteiger partial charge >= 0.3 is 12.0 Å². The van der Waals surface area contributed by atoms with Gasteiger partial charge in [0.25, 0.3) is 0 Å². The van der Waals surface area contributed by atoms with E-state index in [2.05, 4.69) is 21.9 Å². The second-order valence-corrected chi connectivity index (χ2v) is 5.53. The minimum absolute atomic E-state index is 0.0689. The summed E-state index contributed by atoms with van der Waals surface area (Å²) in [5.41, 5.74) is 0.775. The number of ether oxygens (including phenoxy) is 1. The highest BCUT2D eigenvalue weighted by atomic mass is 16.5. The topological polar surface area (TPSA) is 75.7 Å². The second-order valence-electron chi connectivity index (χ2n) is 5.53. The Kier molecular flexibility index (Phi) is 8.21. The van der Waals surface area contributed by atoms with Crippen LogP contribution in [0, 0.1) is 17.8 Å². The molecule has 1 N–H and O–H groups in total. The van der Waals surface area contributed by atoms with Crippen molar-refractivity contribution >= 4 is 29.3 Å². The summed E-state index contributed by atoms with van der Waals surface area (Å²) in [7, 11) is 1.25. The lowest BCUT2D eigenvalue weighted by atomic mass is 10.1. The number of anilines is 2. The summed E-state index contributed by atoms with van der Waals surface area (Å²) in [5.74, 6) is 4.56. The Balaban J connectivity index is 3.17. The van der Waals surface area contributed by atoms with Gasteiger partial charge < -0.3 is 4.74 Å². The Morgan fingerprint density at radius 3 is 2.60 bits per heavy atom. The van der Waals surface area contributed by atoms with Crippen LogP contribution in [0.25, 0.3) is 0 Å². The maximum Gasteiger partial charge on any atom is 0.411 e. The molecule has 0 radical (unpaired) electrons. The Morgan fingerprint density at radius 2 is 2.00 bits per heavy atom. The highest BCUT2D eigenvalue weighted by Crippen LogP contribution is 2.21. The van der Waals surface area contributed by atoms with Gasteiger partial charge in [0.1, 0.15) is 0 Å². The Morgan fingerprint density at radius 1 is 1.28 bits per heavy atom. The van der Waals surface area contributed by atoms with Crippen molar-refractivity contribution in [2.75, 3.05) is 17.3 Å². The van der Waals surface area contributed by atoms with Gasteiger partial charge in [0, 0.05) is 18.0 Å². The number of hydrogen-bond acceptors (Lipinski definition) is 4. The van der Waals surface area contributed by atoms with Gasteiger partial charge in [0.15, 0.2) is 0 Å². The summed E-state index contributed by atoms with van der Waals surface area (Å²) < 4.78 is 4.55. The van der Waals surface area contributed by atoms with E-state index in [0.29, 0.717) is 17.8 Å². The molecule has 0 aliphatic heterocycles. The fourth-order valence-electron chi connectivity index (χ4n) is 1.93. The molecule has 0 aliphatic rings. The normalized spacial score (nSPS) is 10.9. The number of imide groups is 1. The third-order valence-corrected chi connectivity index (χ3v) is 3.49. The zero-order valence-corrected chi connectivity index (χ0v) is 15.1. The van der Waals surface area contributed by atoms with E-state index < -0.39 is 12.0 Å². The molecular formula is C19H24N2O4. The van der Waals surface area contributed by atoms with Crippen LogP contribution in [0.3, 0.4) is 0 Å². The third-order valence-electron chi connectivity index (χ3n) is 3.49. The summed E-state index contributed by atoms with van der Waals surface area (Å²) in [6.07, 6.45) is 1.03. The number of methoxy groups -OCH3 is 1. The molecule has 0 bridgehead atoms. The maximum atomic E-state index is 12.5. The summed E-state index contributed by atoms with van der Waals surface area (Å²) in [5, 5.41) is 2.51. The standard InChI is InChI=1S/C19H24N2O4/c1-5-8-17(22)21(18(23)12-11-14(3)6-2)16-10-7-9-15(13-16)20-19(24)25-4/h7,9-10,13-14H,5-6,8H2,1-4H3,(H,20,24). The Hall–Kier alpha value is -2.81. The van der Waals surface area contributed by atoms with Gasteiger partial charge in [0.05, 0.1) is 12.8 Å². The number of nitrogens with one attached hydrogen (secondary N) is 1. The molecule has 3 amide bonds. The van der Waals surface area contributed by atoms with Crippen molar-refractivity contribution in [3.63, 3.8) is 0 Å². The lowest BCUT2D eigenvalue weighted by Gasteiger charge is -2.19. The molecular weight excluding hydrogens is 320 g/mol. The number of hydrogen-bond donors (Lipinski definition) is 1. The van der Waals surface area contributed by atoms with E-state index in [1.54, 1.807) is 18.2 Å². The zero-order valence-electron chi connectivity index (χ0n) is 15.1. The molecule has 6 nitrogen and oxygen atoms in total. The van der Waals surface area contributed by atoms with Crippen LogP contribution in [0.1, 0.15) is 40.0 Å². The van der Waals surface area contributed by atoms with E-state index in [1.807, 2.05) is 20.8 Å². The smallest absolute Gasteiger partial charge is 0.411 e. The van der Waals surface area contributed by atoms with Crippen LogP contribution in [0.5, 0.6) is 0 Å². The average Bonchev–Trinajstić information content (AvgIpc) is 2.60. The first kappa shape index (κ1) is 20.2. The highest BCUT2D eigenvalue weighted by molar-refractivity contribution is 6.21. The number of benzene rings is 1. The minimum Gasteiger partial charge on any atom is -0.453 e. The van der Waals surface area contributed by atoms with E-state index in [1.165, 1.54) is 13.2 Å². The molecule has 1 rings (SSSR count). The maximum absolute atomic E-state index is 12.5. The number of amides is 3. The predicted molar refractivity (Wildman–Crippen MR) is 97.1 cm³/mol. The molecule has 0 saturated carbocycles. The number of carbonyl (C=O) groups excluding carboxylic acids is 3. The zero-order chi connectivity index (χ0) is 18.8. The summed E-state index contributed by atoms with van der Waals surface area (Å²) in [6.45, 7) is 5.76. The molecule has 25 heavy (non-hydrogen) atoms. The molecule has 1 unspecified atom stereocenters. The first-order valence-electron chi connectivity index (χ1n) is 8.26. The van der Waals surface area contributed by atoms with Gasteiger partial charge in [0.2, 0.25) is 5.91 Å². The van der Waals surface area contributed by atoms with Crippen LogP contribution in [-0.2, 0) is 14.3 Å². The second kappa shape index (κ2) is 10.1. The van der Waals surface area contributed by atoms with Gasteiger partial charge in [-0.3, -0.25) is 14.9 Å². The van der Waals surface area contributed by atoms with E-state index in [0.717, 1.165) is 11.3 Å². The van der Waals surface area contributed by atoms with Crippen LogP contribution in [0.4, 0.5) is 16.2 Å². The van der Waals surface area contributed by atoms with Crippen LogP contribution in [0.2, 0.25) is 0 Å². The first-order chi connectivity index (χ1) is 11.9. The number of nitrogens with zero attached hydrogens (tertiary/aromatic N) is 1. The minimum atomic E-state index is -0.633. The van der Waals surface area contributed by atoms with Crippen molar-refractivity contribution in [2.24, 2.45) is 5.92 Å². The molecule has 0 fully saturated rings. The molecule has 0 spiro atoms. The SMILES string of the molecule is CCCC(=O)N(C(=O)C#CC(C)CC)c1cccc(NC(=O)OC)c1. The fraction of sp³-hybridized carbons (Fsp3) is 0.421. The van der Waals surface area contributed by atoms with Crippen LogP contribution in [0.15, 0.2) is 24.3 Å². The number of carbonyl (C=O) groups is 3. The number of rotatable bonds is 5. The lowest BCUT2D eigenvalue weighted by Crippen LogP contribution is -2.36. The summed E-state index contributed by atoms with van der Waals surface area (Å²) in [6, 6.07) is 6.44. The largest absolute Gasteiger partial charge is 0.453 e. The van der Waals surface area contributed by atoms with Gasteiger partial charge in [-0.1, -0.05) is 32.8 Å². The van der Waals surface area contributed by atoms with Crippen molar-refractivity contribution in [1.29, 1.82) is 0 Å². The van der Waals surface area contributed by atoms with E-state index in [9.17, 15) is 14.4 Å². The summed E-state index contributed by atoms with van der Waals surface area (Å²) >= 11 is 0. The molecule has 6 heteroatoms. The molecule has 0 aromatic heterocycles. The Bertz CT molecular complexity index is 688. The first-order valence-corrected chi connectivity index (χ1v) is 8.26. The van der Waals surface area contributed by atoms with Crippen molar-refractivity contribution in [1.82, 2.24) is 0 Å². The average molecular weight is 344 g/mol. The highest BCUT2D eigenvalue weighted by Gasteiger charge is 2.22. The fourth-order valence-corrected chi connectivity index (χ4v) is 1.93. The van der Waals surface area contributed by atoms with Crippen LogP contribution >= 0.6 is 0 Å². The molecule has 0 heterocycles. The van der Waals surface area contributed by atoms with E-state index in [-0.39, 0.29) is 18.2 Å².